The molecule has 1 saturated heterocycles. The Morgan fingerprint density at radius 1 is 1.42 bits per heavy atom. The van der Waals surface area contributed by atoms with Gasteiger partial charge in [0.25, 0.3) is 0 Å². The number of halogens is 3. The van der Waals surface area contributed by atoms with Crippen molar-refractivity contribution in [3.05, 3.63) is 29.8 Å². The van der Waals surface area contributed by atoms with Gasteiger partial charge >= 0.3 is 6.18 Å². The lowest BCUT2D eigenvalue weighted by atomic mass is 10.1. The molecule has 3 atom stereocenters. The molecule has 0 spiro atoms. The van der Waals surface area contributed by atoms with Gasteiger partial charge in [0.1, 0.15) is 12.5 Å². The van der Waals surface area contributed by atoms with E-state index in [-0.39, 0.29) is 24.2 Å². The van der Waals surface area contributed by atoms with Crippen LogP contribution < -0.4 is 10.6 Å². The van der Waals surface area contributed by atoms with Crippen LogP contribution in [0.25, 0.3) is 0 Å². The van der Waals surface area contributed by atoms with Crippen LogP contribution in [-0.4, -0.2) is 58.3 Å². The topological polar surface area (TPSA) is 105 Å². The number of hydrogen-bond donors (Lipinski definition) is 3. The number of carbonyl (C=O) groups is 2. The van der Waals surface area contributed by atoms with E-state index in [9.17, 15) is 33.1 Å². The van der Waals surface area contributed by atoms with Crippen molar-refractivity contribution in [2.45, 2.75) is 43.2 Å². The number of aliphatic hydroxyl groups excluding tert-OH is 1. The Hall–Kier alpha value is -2.45. The van der Waals surface area contributed by atoms with Gasteiger partial charge in [-0.3, -0.25) is 9.59 Å². The minimum atomic E-state index is -4.56. The number of aliphatic hydroxyl groups is 1. The summed E-state index contributed by atoms with van der Waals surface area (Å²) < 4.78 is 37.0. The number of alkyl halides is 3. The van der Waals surface area contributed by atoms with Gasteiger partial charge in [-0.25, -0.2) is 0 Å². The summed E-state index contributed by atoms with van der Waals surface area (Å²) in [7, 11) is 0. The van der Waals surface area contributed by atoms with E-state index in [1.54, 1.807) is 29.3 Å². The lowest BCUT2D eigenvalue weighted by molar-refractivity contribution is -0.140. The summed E-state index contributed by atoms with van der Waals surface area (Å²) in [6, 6.07) is 9.01. The number of carbonyl (C=O) groups excluding carboxylic acids is 2. The van der Waals surface area contributed by atoms with Crippen molar-refractivity contribution in [1.82, 2.24) is 10.2 Å². The van der Waals surface area contributed by atoms with Gasteiger partial charge in [0, 0.05) is 25.2 Å². The van der Waals surface area contributed by atoms with E-state index in [4.69, 9.17) is 0 Å². The molecular weight excluding hydrogens is 433 g/mol. The monoisotopic (exact) mass is 458 g/mol. The highest BCUT2D eigenvalue weighted by molar-refractivity contribution is 8.01. The van der Waals surface area contributed by atoms with Crippen molar-refractivity contribution < 1.29 is 27.9 Å². The first-order chi connectivity index (χ1) is 14.7. The van der Waals surface area contributed by atoms with Gasteiger partial charge in [0.15, 0.2) is 0 Å². The van der Waals surface area contributed by atoms with Crippen LogP contribution >= 0.6 is 11.8 Å². The Kier molecular flexibility index (Phi) is 9.00. The fourth-order valence-corrected chi connectivity index (χ4v) is 4.83. The largest absolute Gasteiger partial charge is 0.405 e. The Balaban J connectivity index is 1.92. The van der Waals surface area contributed by atoms with Crippen LogP contribution in [0.3, 0.4) is 0 Å². The Labute approximate surface area is 183 Å². The maximum atomic E-state index is 12.7. The van der Waals surface area contributed by atoms with Crippen molar-refractivity contribution in [3.8, 4) is 6.07 Å². The third-order valence-electron chi connectivity index (χ3n) is 4.79. The highest BCUT2D eigenvalue weighted by Gasteiger charge is 2.41. The van der Waals surface area contributed by atoms with E-state index >= 15 is 0 Å². The zero-order chi connectivity index (χ0) is 23.0. The fourth-order valence-electron chi connectivity index (χ4n) is 3.24. The van der Waals surface area contributed by atoms with E-state index in [2.05, 4.69) is 5.32 Å². The maximum absolute atomic E-state index is 12.7. The predicted molar refractivity (Wildman–Crippen MR) is 111 cm³/mol. The second kappa shape index (κ2) is 11.2. The van der Waals surface area contributed by atoms with Crippen molar-refractivity contribution >= 4 is 29.3 Å². The summed E-state index contributed by atoms with van der Waals surface area (Å²) in [6.45, 7) is 1.08. The molecule has 2 unspecified atom stereocenters. The molecule has 0 aromatic heterocycles. The molecule has 3 N–H and O–H groups in total. The number of nitrogens with zero attached hydrogens (tertiary/aromatic N) is 2. The number of nitrogens with one attached hydrogen (secondary N) is 2. The first kappa shape index (κ1) is 24.8. The van der Waals surface area contributed by atoms with Crippen LogP contribution in [0.15, 0.2) is 24.3 Å². The van der Waals surface area contributed by atoms with Gasteiger partial charge in [-0.2, -0.15) is 18.4 Å². The molecule has 2 amide bonds. The molecule has 7 nitrogen and oxygen atoms in total. The molecule has 1 aliphatic heterocycles. The smallest absolute Gasteiger partial charge is 0.392 e. The molecule has 1 aromatic carbocycles. The zero-order valence-electron chi connectivity index (χ0n) is 17.0. The highest BCUT2D eigenvalue weighted by Crippen LogP contribution is 2.37. The molecule has 0 radical (unpaired) electrons. The fraction of sp³-hybridized carbons (Fsp3) is 0.550. The SMILES string of the molecule is CCN1C(=O)[C@@H](CCNc2cccc(CO)c2)SC1CC(C#N)C(=O)NCC(F)(F)F. The number of rotatable bonds is 10. The van der Waals surface area contributed by atoms with E-state index in [1.807, 2.05) is 18.2 Å². The average Bonchev–Trinajstić information content (AvgIpc) is 3.04. The van der Waals surface area contributed by atoms with E-state index in [0.29, 0.717) is 19.5 Å². The molecule has 1 fully saturated rings. The van der Waals surface area contributed by atoms with Gasteiger partial charge in [-0.15, -0.1) is 11.8 Å². The second-order valence-corrected chi connectivity index (χ2v) is 8.41. The molecule has 0 bridgehead atoms. The van der Waals surface area contributed by atoms with E-state index in [1.165, 1.54) is 11.8 Å². The lowest BCUT2D eigenvalue weighted by Gasteiger charge is -2.23. The van der Waals surface area contributed by atoms with E-state index in [0.717, 1.165) is 11.3 Å². The Morgan fingerprint density at radius 2 is 2.16 bits per heavy atom. The molecule has 1 heterocycles. The van der Waals surface area contributed by atoms with Crippen LogP contribution in [0.4, 0.5) is 18.9 Å². The molecule has 11 heteroatoms. The molecule has 1 aliphatic rings. The quantitative estimate of drug-likeness (QED) is 0.498. The normalized spacial score (nSPS) is 19.7. The Morgan fingerprint density at radius 3 is 2.77 bits per heavy atom. The lowest BCUT2D eigenvalue weighted by Crippen LogP contribution is -2.40. The second-order valence-electron chi connectivity index (χ2n) is 7.03. The number of nitriles is 1. The van der Waals surface area contributed by atoms with Crippen molar-refractivity contribution in [2.24, 2.45) is 5.92 Å². The molecular formula is C20H25F3N4O3S. The van der Waals surface area contributed by atoms with Crippen molar-refractivity contribution in [3.63, 3.8) is 0 Å². The van der Waals surface area contributed by atoms with Crippen LogP contribution in [0.5, 0.6) is 0 Å². The van der Waals surface area contributed by atoms with Crippen molar-refractivity contribution in [1.29, 1.82) is 5.26 Å². The zero-order valence-corrected chi connectivity index (χ0v) is 17.8. The number of anilines is 1. The van der Waals surface area contributed by atoms with Gasteiger partial charge in [0.2, 0.25) is 11.8 Å². The van der Waals surface area contributed by atoms with E-state index < -0.39 is 29.9 Å². The van der Waals surface area contributed by atoms with Gasteiger partial charge < -0.3 is 20.6 Å². The third-order valence-corrected chi connectivity index (χ3v) is 6.31. The summed E-state index contributed by atoms with van der Waals surface area (Å²) in [5.41, 5.74) is 1.58. The van der Waals surface area contributed by atoms with Gasteiger partial charge in [-0.1, -0.05) is 12.1 Å². The molecule has 1 aromatic rings. The average molecular weight is 459 g/mol. The summed E-state index contributed by atoms with van der Waals surface area (Å²) in [5.74, 6) is -2.38. The van der Waals surface area contributed by atoms with Gasteiger partial charge in [-0.05, 0) is 31.0 Å². The highest BCUT2D eigenvalue weighted by atomic mass is 32.2. The molecule has 0 saturated carbocycles. The van der Waals surface area contributed by atoms with Crippen LogP contribution in [0.1, 0.15) is 25.3 Å². The maximum Gasteiger partial charge on any atom is 0.405 e. The predicted octanol–water partition coefficient (Wildman–Crippen LogP) is 2.48. The molecule has 2 rings (SSSR count). The summed E-state index contributed by atoms with van der Waals surface area (Å²) in [4.78, 5) is 26.2. The molecule has 170 valence electrons. The summed E-state index contributed by atoms with van der Waals surface area (Å²) in [6.07, 6.45) is -4.10. The number of amides is 2. The third kappa shape index (κ3) is 7.33. The molecule has 31 heavy (non-hydrogen) atoms. The number of benzene rings is 1. The first-order valence-corrected chi connectivity index (χ1v) is 10.8. The number of hydrogen-bond acceptors (Lipinski definition) is 6. The van der Waals surface area contributed by atoms with Crippen LogP contribution in [-0.2, 0) is 16.2 Å². The van der Waals surface area contributed by atoms with Gasteiger partial charge in [0.05, 0.1) is 23.3 Å². The molecule has 0 aliphatic carbocycles. The summed E-state index contributed by atoms with van der Waals surface area (Å²) in [5, 5.41) is 22.6. The minimum Gasteiger partial charge on any atom is -0.392 e. The first-order valence-electron chi connectivity index (χ1n) is 9.82. The van der Waals surface area contributed by atoms with Crippen molar-refractivity contribution in [2.75, 3.05) is 25.0 Å². The van der Waals surface area contributed by atoms with Crippen LogP contribution in [0.2, 0.25) is 0 Å². The van der Waals surface area contributed by atoms with Crippen LogP contribution in [0, 0.1) is 17.2 Å². The Bertz CT molecular complexity index is 816. The summed E-state index contributed by atoms with van der Waals surface area (Å²) >= 11 is 1.32. The standard InChI is InChI=1S/C20H25F3N4O3S/c1-2-27-17(9-14(10-24)18(29)26-12-20(21,22)23)31-16(19(27)30)6-7-25-15-5-3-4-13(8-15)11-28/h3-5,8,14,16-17,25,28H,2,6-7,9,11-12H2,1H3,(H,26,29)/t14?,16-,17?/m1/s1. The minimum absolute atomic E-state index is 0.0348. The number of thioether (sulfide) groups is 1.